The van der Waals surface area contributed by atoms with Crippen LogP contribution in [0.2, 0.25) is 0 Å². The van der Waals surface area contributed by atoms with E-state index in [9.17, 15) is 4.79 Å². The van der Waals surface area contributed by atoms with Crippen molar-refractivity contribution >= 4 is 23.4 Å². The summed E-state index contributed by atoms with van der Waals surface area (Å²) < 4.78 is 10.4. The van der Waals surface area contributed by atoms with Gasteiger partial charge < -0.3 is 14.8 Å². The van der Waals surface area contributed by atoms with E-state index in [1.807, 2.05) is 17.8 Å². The van der Waals surface area contributed by atoms with Crippen molar-refractivity contribution in [3.63, 3.8) is 0 Å². The van der Waals surface area contributed by atoms with Crippen molar-refractivity contribution in [1.82, 2.24) is 0 Å². The molecule has 0 aromatic heterocycles. The van der Waals surface area contributed by atoms with Gasteiger partial charge in [-0.05, 0) is 30.7 Å². The van der Waals surface area contributed by atoms with Crippen LogP contribution in [0.1, 0.15) is 12.8 Å². The molecule has 1 amide bonds. The fourth-order valence-electron chi connectivity index (χ4n) is 2.11. The molecule has 2 rings (SSSR count). The summed E-state index contributed by atoms with van der Waals surface area (Å²) in [5, 5.41) is 2.95. The summed E-state index contributed by atoms with van der Waals surface area (Å²) in [5.41, 5.74) is 0.748. The second kappa shape index (κ2) is 6.70. The summed E-state index contributed by atoms with van der Waals surface area (Å²) >= 11 is 1.85. The second-order valence-electron chi connectivity index (χ2n) is 4.47. The lowest BCUT2D eigenvalue weighted by atomic mass is 10.0. The van der Waals surface area contributed by atoms with Gasteiger partial charge in [0.05, 0.1) is 14.2 Å². The third-order valence-corrected chi connectivity index (χ3v) is 4.40. The molecule has 0 saturated carbocycles. The van der Waals surface area contributed by atoms with Crippen molar-refractivity contribution in [2.24, 2.45) is 5.92 Å². The zero-order valence-corrected chi connectivity index (χ0v) is 12.1. The minimum Gasteiger partial charge on any atom is -0.493 e. The maximum atomic E-state index is 12.1. The van der Waals surface area contributed by atoms with Gasteiger partial charge in [0, 0.05) is 23.4 Å². The number of carbonyl (C=O) groups excluding carboxylic acids is 1. The topological polar surface area (TPSA) is 47.6 Å². The average Bonchev–Trinajstić information content (AvgIpc) is 2.48. The number of amides is 1. The van der Waals surface area contributed by atoms with Crippen molar-refractivity contribution in [3.8, 4) is 11.5 Å². The molecule has 1 aliphatic rings. The zero-order valence-electron chi connectivity index (χ0n) is 11.3. The second-order valence-corrected chi connectivity index (χ2v) is 5.62. The van der Waals surface area contributed by atoms with Crippen molar-refractivity contribution in [2.75, 3.05) is 31.0 Å². The Morgan fingerprint density at radius 1 is 1.32 bits per heavy atom. The van der Waals surface area contributed by atoms with Gasteiger partial charge in [0.1, 0.15) is 0 Å². The lowest BCUT2D eigenvalue weighted by molar-refractivity contribution is -0.119. The molecule has 0 bridgehead atoms. The third kappa shape index (κ3) is 3.56. The monoisotopic (exact) mass is 281 g/mol. The molecule has 104 valence electrons. The van der Waals surface area contributed by atoms with Crippen LogP contribution in [-0.2, 0) is 4.79 Å². The molecule has 1 heterocycles. The Morgan fingerprint density at radius 3 is 2.74 bits per heavy atom. The third-order valence-electron chi connectivity index (χ3n) is 3.18. The molecule has 5 heteroatoms. The number of anilines is 1. The number of methoxy groups -OCH3 is 2. The van der Waals surface area contributed by atoms with E-state index in [2.05, 4.69) is 5.32 Å². The first-order chi connectivity index (χ1) is 9.24. The highest BCUT2D eigenvalue weighted by atomic mass is 32.2. The Hall–Kier alpha value is -1.36. The maximum Gasteiger partial charge on any atom is 0.228 e. The van der Waals surface area contributed by atoms with E-state index < -0.39 is 0 Å². The summed E-state index contributed by atoms with van der Waals surface area (Å²) in [6.07, 6.45) is 2.10. The first kappa shape index (κ1) is 14.1. The summed E-state index contributed by atoms with van der Waals surface area (Å²) in [7, 11) is 3.18. The lowest BCUT2D eigenvalue weighted by Gasteiger charge is -2.20. The molecule has 0 spiro atoms. The predicted octanol–water partition coefficient (Wildman–Crippen LogP) is 2.79. The highest BCUT2D eigenvalue weighted by molar-refractivity contribution is 7.99. The number of ether oxygens (including phenoxy) is 2. The number of thioether (sulfide) groups is 1. The molecule has 1 aliphatic heterocycles. The Kier molecular flexibility index (Phi) is 4.96. The van der Waals surface area contributed by atoms with Crippen LogP contribution in [0.25, 0.3) is 0 Å². The van der Waals surface area contributed by atoms with E-state index >= 15 is 0 Å². The quantitative estimate of drug-likeness (QED) is 0.922. The minimum absolute atomic E-state index is 0.0967. The molecule has 19 heavy (non-hydrogen) atoms. The minimum atomic E-state index is 0.0967. The van der Waals surface area contributed by atoms with Crippen LogP contribution in [0.15, 0.2) is 18.2 Å². The summed E-state index contributed by atoms with van der Waals surface area (Å²) in [6.45, 7) is 0. The molecule has 1 aromatic rings. The van der Waals surface area contributed by atoms with E-state index in [-0.39, 0.29) is 11.8 Å². The molecule has 0 radical (unpaired) electrons. The van der Waals surface area contributed by atoms with Gasteiger partial charge in [-0.1, -0.05) is 0 Å². The van der Waals surface area contributed by atoms with Crippen LogP contribution in [0, 0.1) is 5.92 Å². The van der Waals surface area contributed by atoms with Crippen molar-refractivity contribution in [3.05, 3.63) is 18.2 Å². The molecular weight excluding hydrogens is 262 g/mol. The van der Waals surface area contributed by atoms with Gasteiger partial charge in [0.15, 0.2) is 11.5 Å². The van der Waals surface area contributed by atoms with Crippen LogP contribution >= 0.6 is 11.8 Å². The molecule has 1 fully saturated rings. The fraction of sp³-hybridized carbons (Fsp3) is 0.500. The van der Waals surface area contributed by atoms with E-state index in [4.69, 9.17) is 9.47 Å². The molecule has 1 saturated heterocycles. The van der Waals surface area contributed by atoms with Gasteiger partial charge in [-0.3, -0.25) is 4.79 Å². The van der Waals surface area contributed by atoms with Crippen LogP contribution in [0.4, 0.5) is 5.69 Å². The van der Waals surface area contributed by atoms with Crippen LogP contribution in [0.5, 0.6) is 11.5 Å². The summed E-state index contributed by atoms with van der Waals surface area (Å²) in [5.74, 6) is 3.58. The Balaban J connectivity index is 2.03. The van der Waals surface area contributed by atoms with E-state index in [0.717, 1.165) is 24.3 Å². The van der Waals surface area contributed by atoms with Gasteiger partial charge >= 0.3 is 0 Å². The lowest BCUT2D eigenvalue weighted by Crippen LogP contribution is -2.27. The summed E-state index contributed by atoms with van der Waals surface area (Å²) in [6, 6.07) is 5.41. The largest absolute Gasteiger partial charge is 0.493 e. The Bertz CT molecular complexity index is 444. The molecule has 1 atom stereocenters. The molecule has 1 unspecified atom stereocenters. The number of benzene rings is 1. The highest BCUT2D eigenvalue weighted by Gasteiger charge is 2.21. The first-order valence-electron chi connectivity index (χ1n) is 6.35. The standard InChI is InChI=1S/C14H19NO3S/c1-17-12-6-5-11(8-13(12)18-2)15-14(16)10-4-3-7-19-9-10/h5-6,8,10H,3-4,7,9H2,1-2H3,(H,15,16). The molecular formula is C14H19NO3S. The highest BCUT2D eigenvalue weighted by Crippen LogP contribution is 2.30. The van der Waals surface area contributed by atoms with Crippen LogP contribution in [0.3, 0.4) is 0 Å². The number of hydrogen-bond donors (Lipinski definition) is 1. The van der Waals surface area contributed by atoms with Gasteiger partial charge in [-0.15, -0.1) is 0 Å². The number of hydrogen-bond acceptors (Lipinski definition) is 4. The van der Waals surface area contributed by atoms with Gasteiger partial charge in [0.25, 0.3) is 0 Å². The Labute approximate surface area is 117 Å². The Morgan fingerprint density at radius 2 is 2.11 bits per heavy atom. The smallest absolute Gasteiger partial charge is 0.228 e. The number of carbonyl (C=O) groups is 1. The fourth-order valence-corrected chi connectivity index (χ4v) is 3.25. The van der Waals surface area contributed by atoms with E-state index in [1.165, 1.54) is 5.75 Å². The summed E-state index contributed by atoms with van der Waals surface area (Å²) in [4.78, 5) is 12.1. The normalized spacial score (nSPS) is 18.7. The van der Waals surface area contributed by atoms with Crippen molar-refractivity contribution < 1.29 is 14.3 Å². The van der Waals surface area contributed by atoms with E-state index in [0.29, 0.717) is 11.5 Å². The van der Waals surface area contributed by atoms with Gasteiger partial charge in [-0.25, -0.2) is 0 Å². The number of nitrogens with one attached hydrogen (secondary N) is 1. The zero-order chi connectivity index (χ0) is 13.7. The SMILES string of the molecule is COc1ccc(NC(=O)C2CCCSC2)cc1OC. The molecule has 1 aromatic carbocycles. The van der Waals surface area contributed by atoms with E-state index in [1.54, 1.807) is 26.4 Å². The number of rotatable bonds is 4. The first-order valence-corrected chi connectivity index (χ1v) is 7.50. The van der Waals surface area contributed by atoms with Crippen LogP contribution in [-0.4, -0.2) is 31.6 Å². The van der Waals surface area contributed by atoms with Crippen molar-refractivity contribution in [1.29, 1.82) is 0 Å². The molecule has 0 aliphatic carbocycles. The van der Waals surface area contributed by atoms with Crippen molar-refractivity contribution in [2.45, 2.75) is 12.8 Å². The van der Waals surface area contributed by atoms with Gasteiger partial charge in [-0.2, -0.15) is 11.8 Å². The molecule has 4 nitrogen and oxygen atoms in total. The van der Waals surface area contributed by atoms with Crippen LogP contribution < -0.4 is 14.8 Å². The van der Waals surface area contributed by atoms with Gasteiger partial charge in [0.2, 0.25) is 5.91 Å². The molecule has 1 N–H and O–H groups in total. The average molecular weight is 281 g/mol. The maximum absolute atomic E-state index is 12.1. The predicted molar refractivity (Wildman–Crippen MR) is 78.2 cm³/mol.